The van der Waals surface area contributed by atoms with Crippen molar-refractivity contribution >= 4 is 13.7 Å². The zero-order valence-corrected chi connectivity index (χ0v) is 21.6. The molecule has 0 aliphatic carbocycles. The second-order valence-electron chi connectivity index (χ2n) is 9.49. The fraction of sp³-hybridized carbons (Fsp3) is 0.957. The van der Waals surface area contributed by atoms with E-state index in [0.29, 0.717) is 17.4 Å². The van der Waals surface area contributed by atoms with Gasteiger partial charge in [-0.3, -0.25) is 13.8 Å². The number of hydrogen-bond acceptors (Lipinski definition) is 4. The first-order valence-corrected chi connectivity index (χ1v) is 13.8. The van der Waals surface area contributed by atoms with E-state index in [0.717, 1.165) is 12.8 Å². The van der Waals surface area contributed by atoms with E-state index in [1.807, 2.05) is 21.1 Å². The van der Waals surface area contributed by atoms with E-state index < -0.39 is 7.82 Å². The molecule has 0 aromatic heterocycles. The summed E-state index contributed by atoms with van der Waals surface area (Å²) in [6.45, 7) is 3.17. The van der Waals surface area contributed by atoms with Crippen molar-refractivity contribution in [2.45, 2.75) is 96.8 Å². The van der Waals surface area contributed by atoms with Gasteiger partial charge in [0.25, 0.3) is 0 Å². The normalized spacial score (nSPS) is 13.8. The number of quaternary nitrogens is 1. The first kappa shape index (κ1) is 30.5. The van der Waals surface area contributed by atoms with Crippen molar-refractivity contribution in [3.05, 3.63) is 0 Å². The summed E-state index contributed by atoms with van der Waals surface area (Å²) in [5.41, 5.74) is 0. The molecule has 0 fully saturated rings. The van der Waals surface area contributed by atoms with Crippen LogP contribution in [0.2, 0.25) is 0 Å². The van der Waals surface area contributed by atoms with Crippen LogP contribution in [0.15, 0.2) is 0 Å². The summed E-state index contributed by atoms with van der Waals surface area (Å²) in [5.74, 6) is -0.0367. The topological polar surface area (TPSA) is 84.9 Å². The number of rotatable bonds is 22. The van der Waals surface area contributed by atoms with Gasteiger partial charge in [0.1, 0.15) is 13.2 Å². The number of carbonyl (C=O) groups excluding carboxylic acids is 1. The van der Waals surface area contributed by atoms with Crippen molar-refractivity contribution in [3.8, 4) is 0 Å². The quantitative estimate of drug-likeness (QED) is 0.127. The average molecular weight is 466 g/mol. The third-order valence-electron chi connectivity index (χ3n) is 5.20. The Morgan fingerprint density at radius 3 is 1.74 bits per heavy atom. The smallest absolute Gasteiger partial charge is 0.354 e. The van der Waals surface area contributed by atoms with E-state index >= 15 is 0 Å². The fourth-order valence-electron chi connectivity index (χ4n) is 3.21. The lowest BCUT2D eigenvalue weighted by Gasteiger charge is -2.24. The molecule has 0 heterocycles. The molecule has 1 amide bonds. The number of unbranched alkanes of at least 4 members (excludes halogenated alkanes) is 12. The van der Waals surface area contributed by atoms with Crippen molar-refractivity contribution in [2.24, 2.45) is 0 Å². The lowest BCUT2D eigenvalue weighted by atomic mass is 10.0. The number of phosphoric ester groups is 1. The largest absolute Gasteiger partial charge is 0.472 e. The van der Waals surface area contributed by atoms with E-state index in [9.17, 15) is 14.3 Å². The molecule has 0 aromatic carbocycles. The van der Waals surface area contributed by atoms with Gasteiger partial charge in [0.2, 0.25) is 5.91 Å². The highest BCUT2D eigenvalue weighted by Gasteiger charge is 2.22. The number of nitrogens with one attached hydrogen (secondary N) is 1. The minimum atomic E-state index is -4.05. The molecule has 0 aliphatic heterocycles. The van der Waals surface area contributed by atoms with E-state index in [1.165, 1.54) is 70.6 Å². The summed E-state index contributed by atoms with van der Waals surface area (Å²) in [6.07, 6.45) is 17.1. The Morgan fingerprint density at radius 2 is 1.26 bits per heavy atom. The molecule has 2 N–H and O–H groups in total. The maximum absolute atomic E-state index is 11.8. The first-order chi connectivity index (χ1) is 14.7. The van der Waals surface area contributed by atoms with Crippen LogP contribution in [0.25, 0.3) is 0 Å². The molecule has 8 heteroatoms. The lowest BCUT2D eigenvalue weighted by molar-refractivity contribution is -0.870. The Kier molecular flexibility index (Phi) is 18.8. The molecule has 186 valence electrons. The Labute approximate surface area is 191 Å². The van der Waals surface area contributed by atoms with Gasteiger partial charge in [0.05, 0.1) is 27.7 Å². The number of carbonyl (C=O) groups is 1. The highest BCUT2D eigenvalue weighted by molar-refractivity contribution is 7.47. The summed E-state index contributed by atoms with van der Waals surface area (Å²) in [5, 5.41) is 2.72. The van der Waals surface area contributed by atoms with Crippen LogP contribution in [0, 0.1) is 0 Å². The monoisotopic (exact) mass is 465 g/mol. The zero-order valence-electron chi connectivity index (χ0n) is 20.7. The summed E-state index contributed by atoms with van der Waals surface area (Å²) < 4.78 is 22.2. The van der Waals surface area contributed by atoms with Crippen LogP contribution in [-0.2, 0) is 18.4 Å². The van der Waals surface area contributed by atoms with Crippen LogP contribution >= 0.6 is 7.82 Å². The second kappa shape index (κ2) is 19.0. The lowest BCUT2D eigenvalue weighted by Crippen LogP contribution is -2.37. The van der Waals surface area contributed by atoms with Gasteiger partial charge in [-0.15, -0.1) is 0 Å². The van der Waals surface area contributed by atoms with Gasteiger partial charge in [-0.25, -0.2) is 4.57 Å². The van der Waals surface area contributed by atoms with Gasteiger partial charge in [0.15, 0.2) is 0 Å². The van der Waals surface area contributed by atoms with Crippen LogP contribution in [0.5, 0.6) is 0 Å². The molecule has 0 rings (SSSR count). The molecule has 0 bridgehead atoms. The Morgan fingerprint density at radius 1 is 0.806 bits per heavy atom. The zero-order chi connectivity index (χ0) is 23.4. The van der Waals surface area contributed by atoms with Gasteiger partial charge in [0, 0.05) is 13.0 Å². The summed E-state index contributed by atoms with van der Waals surface area (Å²) >= 11 is 0. The number of nitrogens with zero attached hydrogens (tertiary/aromatic N) is 1. The van der Waals surface area contributed by atoms with Gasteiger partial charge < -0.3 is 14.7 Å². The molecule has 0 radical (unpaired) electrons. The molecular formula is C23H50N2O5P+. The van der Waals surface area contributed by atoms with Gasteiger partial charge >= 0.3 is 7.82 Å². The van der Waals surface area contributed by atoms with Gasteiger partial charge in [-0.2, -0.15) is 0 Å². The van der Waals surface area contributed by atoms with Crippen LogP contribution in [0.4, 0.5) is 0 Å². The predicted molar refractivity (Wildman–Crippen MR) is 128 cm³/mol. The number of phosphoric acid groups is 1. The SMILES string of the molecule is CCCCCCCCCCCCCCCC(=O)NCCOP(=O)(O)OCC[N+](C)(C)C. The molecule has 0 spiro atoms. The number of amides is 1. The summed E-state index contributed by atoms with van der Waals surface area (Å²) in [4.78, 5) is 21.4. The maximum atomic E-state index is 11.8. The van der Waals surface area contributed by atoms with E-state index in [1.54, 1.807) is 0 Å². The minimum Gasteiger partial charge on any atom is -0.354 e. The van der Waals surface area contributed by atoms with Crippen molar-refractivity contribution in [3.63, 3.8) is 0 Å². The number of hydrogen-bond donors (Lipinski definition) is 2. The van der Waals surface area contributed by atoms with Crippen molar-refractivity contribution in [1.82, 2.24) is 5.32 Å². The molecule has 0 aromatic rings. The molecule has 7 nitrogen and oxygen atoms in total. The van der Waals surface area contributed by atoms with Crippen molar-refractivity contribution in [1.29, 1.82) is 0 Å². The Hall–Kier alpha value is -0.460. The highest BCUT2D eigenvalue weighted by atomic mass is 31.2. The Bertz CT molecular complexity index is 483. The third-order valence-corrected chi connectivity index (χ3v) is 6.22. The molecule has 0 saturated carbocycles. The van der Waals surface area contributed by atoms with Crippen LogP contribution < -0.4 is 5.32 Å². The van der Waals surface area contributed by atoms with E-state index in [-0.39, 0.29) is 25.7 Å². The molecule has 1 atom stereocenters. The van der Waals surface area contributed by atoms with Crippen LogP contribution in [-0.4, -0.2) is 62.7 Å². The molecular weight excluding hydrogens is 415 g/mol. The highest BCUT2D eigenvalue weighted by Crippen LogP contribution is 2.42. The fourth-order valence-corrected chi connectivity index (χ4v) is 3.92. The molecule has 0 saturated heterocycles. The number of likely N-dealkylation sites (N-methyl/N-ethyl adjacent to an activating group) is 1. The van der Waals surface area contributed by atoms with Gasteiger partial charge in [-0.1, -0.05) is 84.0 Å². The maximum Gasteiger partial charge on any atom is 0.472 e. The van der Waals surface area contributed by atoms with Crippen molar-refractivity contribution in [2.75, 3.05) is 47.4 Å². The predicted octanol–water partition coefficient (Wildman–Crippen LogP) is 5.42. The van der Waals surface area contributed by atoms with Crippen molar-refractivity contribution < 1.29 is 27.8 Å². The van der Waals surface area contributed by atoms with Crippen LogP contribution in [0.3, 0.4) is 0 Å². The molecule has 31 heavy (non-hydrogen) atoms. The van der Waals surface area contributed by atoms with E-state index in [2.05, 4.69) is 12.2 Å². The second-order valence-corrected chi connectivity index (χ2v) is 10.9. The third kappa shape index (κ3) is 24.0. The first-order valence-electron chi connectivity index (χ1n) is 12.4. The Balaban J connectivity index is 3.44. The van der Waals surface area contributed by atoms with Gasteiger partial charge in [-0.05, 0) is 6.42 Å². The minimum absolute atomic E-state index is 0.0367. The molecule has 1 unspecified atom stereocenters. The standard InChI is InChI=1S/C23H49N2O5P/c1-5-6-7-8-9-10-11-12-13-14-15-16-17-18-23(26)24-19-21-29-31(27,28)30-22-20-25(2,3)4/h5-22H2,1-4H3,(H-,24,26,27,28)/p+1. The average Bonchev–Trinajstić information content (AvgIpc) is 2.67. The summed E-state index contributed by atoms with van der Waals surface area (Å²) in [6, 6.07) is 0. The molecule has 0 aliphatic rings. The van der Waals surface area contributed by atoms with Crippen LogP contribution in [0.1, 0.15) is 96.8 Å². The summed E-state index contributed by atoms with van der Waals surface area (Å²) in [7, 11) is 1.86. The van der Waals surface area contributed by atoms with E-state index in [4.69, 9.17) is 9.05 Å².